The van der Waals surface area contributed by atoms with Crippen LogP contribution in [0.5, 0.6) is 0 Å². The molecule has 0 radical (unpaired) electrons. The van der Waals surface area contributed by atoms with Crippen molar-refractivity contribution in [2.24, 2.45) is 5.92 Å². The fourth-order valence-electron chi connectivity index (χ4n) is 2.49. The van der Waals surface area contributed by atoms with Gasteiger partial charge in [-0.3, -0.25) is 4.79 Å². The van der Waals surface area contributed by atoms with E-state index in [1.54, 1.807) is 0 Å². The largest absolute Gasteiger partial charge is 0.363 e. The number of rotatable bonds is 4. The van der Waals surface area contributed by atoms with E-state index in [0.717, 1.165) is 31.8 Å². The molecule has 1 saturated carbocycles. The fourth-order valence-corrected chi connectivity index (χ4v) is 2.49. The molecule has 0 aromatic carbocycles. The second-order valence-electron chi connectivity index (χ2n) is 5.87. The second-order valence-corrected chi connectivity index (χ2v) is 5.87. The maximum Gasteiger partial charge on any atom is 0.246 e. The van der Waals surface area contributed by atoms with E-state index in [4.69, 9.17) is 4.74 Å². The van der Waals surface area contributed by atoms with E-state index in [1.165, 1.54) is 12.8 Å². The van der Waals surface area contributed by atoms with Crippen LogP contribution in [-0.2, 0) is 9.53 Å². The van der Waals surface area contributed by atoms with Crippen molar-refractivity contribution >= 4 is 5.91 Å². The van der Waals surface area contributed by atoms with Crippen molar-refractivity contribution in [2.75, 3.05) is 19.7 Å². The lowest BCUT2D eigenvalue weighted by Gasteiger charge is -2.39. The Morgan fingerprint density at radius 2 is 2.00 bits per heavy atom. The third kappa shape index (κ3) is 3.68. The molecule has 98 valence electrons. The predicted molar refractivity (Wildman–Crippen MR) is 66.8 cm³/mol. The zero-order valence-electron chi connectivity index (χ0n) is 10.9. The van der Waals surface area contributed by atoms with Crippen LogP contribution >= 0.6 is 0 Å². The van der Waals surface area contributed by atoms with E-state index in [1.807, 2.05) is 6.92 Å². The van der Waals surface area contributed by atoms with E-state index in [2.05, 4.69) is 17.6 Å². The van der Waals surface area contributed by atoms with Crippen molar-refractivity contribution < 1.29 is 9.53 Å². The van der Waals surface area contributed by atoms with Crippen LogP contribution in [0.2, 0.25) is 0 Å². The van der Waals surface area contributed by atoms with E-state index in [9.17, 15) is 4.79 Å². The van der Waals surface area contributed by atoms with Crippen LogP contribution in [0.15, 0.2) is 0 Å². The first kappa shape index (κ1) is 12.8. The van der Waals surface area contributed by atoms with Crippen LogP contribution in [-0.4, -0.2) is 37.2 Å². The molecule has 0 unspecified atom stereocenters. The topological polar surface area (TPSA) is 50.4 Å². The molecule has 2 rings (SSSR count). The Morgan fingerprint density at radius 3 is 2.53 bits per heavy atom. The lowest BCUT2D eigenvalue weighted by molar-refractivity contribution is -0.136. The molecule has 0 aromatic rings. The zero-order valence-corrected chi connectivity index (χ0v) is 10.9. The maximum atomic E-state index is 11.7. The molecule has 1 heterocycles. The molecule has 2 fully saturated rings. The van der Waals surface area contributed by atoms with E-state index < -0.39 is 0 Å². The van der Waals surface area contributed by atoms with Crippen LogP contribution < -0.4 is 10.6 Å². The molecular weight excluding hydrogens is 216 g/mol. The molecule has 1 amide bonds. The average molecular weight is 240 g/mol. The predicted octanol–water partition coefficient (Wildman–Crippen LogP) is 1.06. The summed E-state index contributed by atoms with van der Waals surface area (Å²) in [6, 6.07) is 0.370. The molecule has 1 aliphatic heterocycles. The first-order chi connectivity index (χ1) is 8.07. The lowest BCUT2D eigenvalue weighted by atomic mass is 9.87. The van der Waals surface area contributed by atoms with Gasteiger partial charge >= 0.3 is 0 Å². The van der Waals surface area contributed by atoms with Crippen molar-refractivity contribution in [2.45, 2.75) is 51.2 Å². The summed E-state index contributed by atoms with van der Waals surface area (Å²) in [6.07, 6.45) is 4.69. The van der Waals surface area contributed by atoms with Gasteiger partial charge in [0.05, 0.1) is 5.60 Å². The molecule has 0 bridgehead atoms. The normalized spacial score (nSPS) is 31.6. The molecule has 17 heavy (non-hydrogen) atoms. The highest BCUT2D eigenvalue weighted by molar-refractivity contribution is 5.77. The van der Waals surface area contributed by atoms with Gasteiger partial charge in [0.15, 0.2) is 0 Å². The highest BCUT2D eigenvalue weighted by atomic mass is 16.5. The van der Waals surface area contributed by atoms with Gasteiger partial charge in [0.2, 0.25) is 5.91 Å². The fraction of sp³-hybridized carbons (Fsp3) is 0.923. The van der Waals surface area contributed by atoms with Crippen LogP contribution in [0.3, 0.4) is 0 Å². The molecule has 0 atom stereocenters. The van der Waals surface area contributed by atoms with Crippen LogP contribution in [0.4, 0.5) is 0 Å². The molecule has 2 N–H and O–H groups in total. The maximum absolute atomic E-state index is 11.7. The molecular formula is C13H24N2O2. The molecule has 0 spiro atoms. The molecule has 4 nitrogen and oxygen atoms in total. The Hall–Kier alpha value is -0.610. The minimum Gasteiger partial charge on any atom is -0.363 e. The van der Waals surface area contributed by atoms with Crippen molar-refractivity contribution in [3.8, 4) is 0 Å². The van der Waals surface area contributed by atoms with Gasteiger partial charge in [0.1, 0.15) is 6.61 Å². The summed E-state index contributed by atoms with van der Waals surface area (Å²) in [5, 5.41) is 6.23. The minimum absolute atomic E-state index is 0.0395. The summed E-state index contributed by atoms with van der Waals surface area (Å²) in [6.45, 7) is 6.22. The van der Waals surface area contributed by atoms with Gasteiger partial charge in [-0.1, -0.05) is 6.92 Å². The second kappa shape index (κ2) is 5.36. The van der Waals surface area contributed by atoms with Crippen LogP contribution in [0.25, 0.3) is 0 Å². The summed E-state index contributed by atoms with van der Waals surface area (Å²) < 4.78 is 5.62. The van der Waals surface area contributed by atoms with Gasteiger partial charge in [-0.15, -0.1) is 0 Å². The van der Waals surface area contributed by atoms with Crippen molar-refractivity contribution in [3.63, 3.8) is 0 Å². The standard InChI is InChI=1S/C13H24N2O2/c1-10-3-5-11(6-4-10)15-12(16)7-17-13(2)8-14-9-13/h10-11,14H,3-9H2,1-2H3,(H,15,16). The first-order valence-corrected chi connectivity index (χ1v) is 6.71. The smallest absolute Gasteiger partial charge is 0.246 e. The summed E-state index contributed by atoms with van der Waals surface area (Å²) in [5.74, 6) is 0.858. The van der Waals surface area contributed by atoms with Crippen LogP contribution in [0.1, 0.15) is 39.5 Å². The third-order valence-corrected chi connectivity index (χ3v) is 3.93. The number of amides is 1. The van der Waals surface area contributed by atoms with Gasteiger partial charge in [0, 0.05) is 19.1 Å². The van der Waals surface area contributed by atoms with Crippen molar-refractivity contribution in [1.82, 2.24) is 10.6 Å². The summed E-state index contributed by atoms with van der Waals surface area (Å²) in [4.78, 5) is 11.7. The number of carbonyl (C=O) groups excluding carboxylic acids is 1. The first-order valence-electron chi connectivity index (χ1n) is 6.71. The summed E-state index contributed by atoms with van der Waals surface area (Å²) in [7, 11) is 0. The molecule has 0 aromatic heterocycles. The van der Waals surface area contributed by atoms with Gasteiger partial charge in [-0.05, 0) is 38.5 Å². The van der Waals surface area contributed by atoms with Gasteiger partial charge in [-0.25, -0.2) is 0 Å². The highest BCUT2D eigenvalue weighted by Gasteiger charge is 2.33. The summed E-state index contributed by atoms with van der Waals surface area (Å²) >= 11 is 0. The average Bonchev–Trinajstić information content (AvgIpc) is 2.27. The molecule has 2 aliphatic rings. The van der Waals surface area contributed by atoms with E-state index in [-0.39, 0.29) is 18.1 Å². The molecule has 1 saturated heterocycles. The van der Waals surface area contributed by atoms with E-state index in [0.29, 0.717) is 6.04 Å². The van der Waals surface area contributed by atoms with Gasteiger partial charge in [0.25, 0.3) is 0 Å². The van der Waals surface area contributed by atoms with Crippen molar-refractivity contribution in [1.29, 1.82) is 0 Å². The third-order valence-electron chi connectivity index (χ3n) is 3.93. The SMILES string of the molecule is CC1CCC(NC(=O)COC2(C)CNC2)CC1. The van der Waals surface area contributed by atoms with E-state index >= 15 is 0 Å². The highest BCUT2D eigenvalue weighted by Crippen LogP contribution is 2.23. The number of hydrogen-bond acceptors (Lipinski definition) is 3. The number of nitrogens with one attached hydrogen (secondary N) is 2. The minimum atomic E-state index is -0.127. The van der Waals surface area contributed by atoms with Gasteiger partial charge < -0.3 is 15.4 Å². The van der Waals surface area contributed by atoms with Gasteiger partial charge in [-0.2, -0.15) is 0 Å². The zero-order chi connectivity index (χ0) is 12.3. The number of ether oxygens (including phenoxy) is 1. The Bertz CT molecular complexity index is 269. The lowest BCUT2D eigenvalue weighted by Crippen LogP contribution is -2.59. The Morgan fingerprint density at radius 1 is 1.35 bits per heavy atom. The molecule has 1 aliphatic carbocycles. The molecule has 4 heteroatoms. The number of carbonyl (C=O) groups is 1. The Labute approximate surface area is 103 Å². The monoisotopic (exact) mass is 240 g/mol. The Kier molecular flexibility index (Phi) is 4.05. The quantitative estimate of drug-likeness (QED) is 0.772. The summed E-state index contributed by atoms with van der Waals surface area (Å²) in [5.41, 5.74) is -0.127. The van der Waals surface area contributed by atoms with Crippen LogP contribution in [0, 0.1) is 5.92 Å². The van der Waals surface area contributed by atoms with Crippen molar-refractivity contribution in [3.05, 3.63) is 0 Å². The Balaban J connectivity index is 1.63. The number of hydrogen-bond donors (Lipinski definition) is 2.